The predicted molar refractivity (Wildman–Crippen MR) is 96.9 cm³/mol. The number of ether oxygens (including phenoxy) is 1. The van der Waals surface area contributed by atoms with Crippen LogP contribution in [0.25, 0.3) is 0 Å². The molecule has 0 saturated heterocycles. The van der Waals surface area contributed by atoms with Crippen LogP contribution in [0.1, 0.15) is 16.3 Å². The van der Waals surface area contributed by atoms with E-state index in [9.17, 15) is 13.2 Å². The molecule has 0 aliphatic rings. The van der Waals surface area contributed by atoms with Crippen molar-refractivity contribution in [1.82, 2.24) is 15.6 Å². The highest BCUT2D eigenvalue weighted by Crippen LogP contribution is 2.29. The quantitative estimate of drug-likeness (QED) is 0.436. The van der Waals surface area contributed by atoms with Gasteiger partial charge < -0.3 is 15.4 Å². The third-order valence-corrected chi connectivity index (χ3v) is 4.29. The maximum atomic E-state index is 12.5. The minimum atomic E-state index is -4.39. The van der Waals surface area contributed by atoms with E-state index in [1.807, 2.05) is 31.2 Å². The third-order valence-electron chi connectivity index (χ3n) is 3.38. The molecule has 0 spiro atoms. The SMILES string of the molecule is CN=C(NCCOc1ccc(C)cc1)NCCc1nc(C(F)(F)F)cs1. The normalized spacial score (nSPS) is 12.1. The van der Waals surface area contributed by atoms with Gasteiger partial charge in [-0.3, -0.25) is 4.99 Å². The summed E-state index contributed by atoms with van der Waals surface area (Å²) in [4.78, 5) is 7.65. The van der Waals surface area contributed by atoms with Crippen molar-refractivity contribution in [3.05, 3.63) is 45.9 Å². The number of aliphatic imine (C=N–C) groups is 1. The molecule has 1 aromatic carbocycles. The Morgan fingerprint density at radius 1 is 1.19 bits per heavy atom. The number of nitrogens with one attached hydrogen (secondary N) is 2. The molecule has 9 heteroatoms. The van der Waals surface area contributed by atoms with Gasteiger partial charge in [-0.1, -0.05) is 17.7 Å². The van der Waals surface area contributed by atoms with E-state index in [-0.39, 0.29) is 0 Å². The van der Waals surface area contributed by atoms with Crippen LogP contribution in [0, 0.1) is 6.92 Å². The maximum absolute atomic E-state index is 12.5. The molecule has 0 aliphatic carbocycles. The standard InChI is InChI=1S/C17H21F3N4OS/c1-12-3-5-13(6-4-12)25-10-9-23-16(21-2)22-8-7-15-24-14(11-26-15)17(18,19)20/h3-6,11H,7-10H2,1-2H3,(H2,21,22,23). The maximum Gasteiger partial charge on any atom is 0.434 e. The summed E-state index contributed by atoms with van der Waals surface area (Å²) >= 11 is 1.00. The van der Waals surface area contributed by atoms with Crippen LogP contribution in [0.3, 0.4) is 0 Å². The van der Waals surface area contributed by atoms with Gasteiger partial charge in [-0.25, -0.2) is 4.98 Å². The number of rotatable bonds is 7. The molecule has 26 heavy (non-hydrogen) atoms. The molecule has 0 unspecified atom stereocenters. The molecule has 0 aliphatic heterocycles. The van der Waals surface area contributed by atoms with Gasteiger partial charge in [-0.15, -0.1) is 11.3 Å². The first-order valence-electron chi connectivity index (χ1n) is 8.04. The monoisotopic (exact) mass is 386 g/mol. The average Bonchev–Trinajstić information content (AvgIpc) is 3.08. The lowest BCUT2D eigenvalue weighted by Crippen LogP contribution is -2.40. The van der Waals surface area contributed by atoms with E-state index in [4.69, 9.17) is 4.74 Å². The highest BCUT2D eigenvalue weighted by atomic mass is 32.1. The molecule has 142 valence electrons. The molecule has 2 aromatic rings. The van der Waals surface area contributed by atoms with E-state index in [0.717, 1.165) is 22.5 Å². The number of aryl methyl sites for hydroxylation is 1. The van der Waals surface area contributed by atoms with Gasteiger partial charge in [-0.05, 0) is 19.1 Å². The molecule has 0 saturated carbocycles. The number of guanidine groups is 1. The van der Waals surface area contributed by atoms with Crippen LogP contribution in [0.4, 0.5) is 13.2 Å². The van der Waals surface area contributed by atoms with Gasteiger partial charge in [0.1, 0.15) is 12.4 Å². The number of aromatic nitrogens is 1. The first kappa shape index (κ1) is 20.0. The molecule has 0 bridgehead atoms. The minimum Gasteiger partial charge on any atom is -0.492 e. The van der Waals surface area contributed by atoms with Gasteiger partial charge >= 0.3 is 6.18 Å². The number of alkyl halides is 3. The summed E-state index contributed by atoms with van der Waals surface area (Å²) in [5, 5.41) is 7.59. The number of nitrogens with zero attached hydrogens (tertiary/aromatic N) is 2. The Hall–Kier alpha value is -2.29. The van der Waals surface area contributed by atoms with Crippen LogP contribution < -0.4 is 15.4 Å². The van der Waals surface area contributed by atoms with Crippen molar-refractivity contribution in [3.8, 4) is 5.75 Å². The fourth-order valence-electron chi connectivity index (χ4n) is 2.04. The van der Waals surface area contributed by atoms with Crippen molar-refractivity contribution in [2.24, 2.45) is 4.99 Å². The van der Waals surface area contributed by atoms with Crippen molar-refractivity contribution in [2.45, 2.75) is 19.5 Å². The lowest BCUT2D eigenvalue weighted by Gasteiger charge is -2.12. The van der Waals surface area contributed by atoms with E-state index in [2.05, 4.69) is 20.6 Å². The van der Waals surface area contributed by atoms with Crippen LogP contribution in [-0.2, 0) is 12.6 Å². The molecule has 0 fully saturated rings. The van der Waals surface area contributed by atoms with Crippen LogP contribution in [-0.4, -0.2) is 37.7 Å². The van der Waals surface area contributed by atoms with Crippen molar-refractivity contribution < 1.29 is 17.9 Å². The van der Waals surface area contributed by atoms with Crippen molar-refractivity contribution in [1.29, 1.82) is 0 Å². The second-order valence-electron chi connectivity index (χ2n) is 5.46. The average molecular weight is 386 g/mol. The highest BCUT2D eigenvalue weighted by Gasteiger charge is 2.33. The Balaban J connectivity index is 1.66. The zero-order valence-electron chi connectivity index (χ0n) is 14.6. The molecule has 2 N–H and O–H groups in total. The summed E-state index contributed by atoms with van der Waals surface area (Å²) in [7, 11) is 1.63. The molecular formula is C17H21F3N4OS. The van der Waals surface area contributed by atoms with Crippen molar-refractivity contribution in [3.63, 3.8) is 0 Å². The number of thiazole rings is 1. The van der Waals surface area contributed by atoms with Gasteiger partial charge in [-0.2, -0.15) is 13.2 Å². The lowest BCUT2D eigenvalue weighted by molar-refractivity contribution is -0.140. The summed E-state index contributed by atoms with van der Waals surface area (Å²) in [6.07, 6.45) is -4.00. The topological polar surface area (TPSA) is 58.5 Å². The molecule has 0 amide bonds. The second kappa shape index (κ2) is 9.42. The van der Waals surface area contributed by atoms with E-state index in [1.54, 1.807) is 7.05 Å². The Kier molecular flexibility index (Phi) is 7.26. The Labute approximate surface area is 154 Å². The molecular weight excluding hydrogens is 365 g/mol. The van der Waals surface area contributed by atoms with Gasteiger partial charge in [0.25, 0.3) is 0 Å². The van der Waals surface area contributed by atoms with E-state index in [1.165, 1.54) is 5.56 Å². The van der Waals surface area contributed by atoms with Crippen LogP contribution >= 0.6 is 11.3 Å². The Morgan fingerprint density at radius 3 is 2.50 bits per heavy atom. The first-order valence-corrected chi connectivity index (χ1v) is 8.92. The number of hydrogen-bond donors (Lipinski definition) is 2. The zero-order chi connectivity index (χ0) is 19.0. The van der Waals surface area contributed by atoms with E-state index in [0.29, 0.717) is 37.1 Å². The summed E-state index contributed by atoms with van der Waals surface area (Å²) in [5.74, 6) is 1.36. The molecule has 0 radical (unpaired) electrons. The van der Waals surface area contributed by atoms with Crippen LogP contribution in [0.15, 0.2) is 34.6 Å². The first-order chi connectivity index (χ1) is 12.4. The van der Waals surface area contributed by atoms with Gasteiger partial charge in [0.2, 0.25) is 0 Å². The third kappa shape index (κ3) is 6.55. The number of halogens is 3. The second-order valence-corrected chi connectivity index (χ2v) is 6.40. The van der Waals surface area contributed by atoms with Crippen molar-refractivity contribution in [2.75, 3.05) is 26.7 Å². The fourth-order valence-corrected chi connectivity index (χ4v) is 2.84. The fraction of sp³-hybridized carbons (Fsp3) is 0.412. The number of hydrogen-bond acceptors (Lipinski definition) is 4. The van der Waals surface area contributed by atoms with E-state index < -0.39 is 11.9 Å². The summed E-state index contributed by atoms with van der Waals surface area (Å²) in [5.41, 5.74) is 0.330. The van der Waals surface area contributed by atoms with Crippen LogP contribution in [0.5, 0.6) is 5.75 Å². The molecule has 1 aromatic heterocycles. The zero-order valence-corrected chi connectivity index (χ0v) is 15.4. The van der Waals surface area contributed by atoms with Gasteiger partial charge in [0.05, 0.1) is 11.6 Å². The smallest absolute Gasteiger partial charge is 0.434 e. The summed E-state index contributed by atoms with van der Waals surface area (Å²) in [6, 6.07) is 7.77. The molecule has 1 heterocycles. The summed E-state index contributed by atoms with van der Waals surface area (Å²) < 4.78 is 43.1. The largest absolute Gasteiger partial charge is 0.492 e. The van der Waals surface area contributed by atoms with Crippen molar-refractivity contribution >= 4 is 17.3 Å². The van der Waals surface area contributed by atoms with E-state index >= 15 is 0 Å². The Bertz CT molecular complexity index is 714. The highest BCUT2D eigenvalue weighted by molar-refractivity contribution is 7.09. The molecule has 5 nitrogen and oxygen atoms in total. The minimum absolute atomic E-state index is 0.390. The molecule has 2 rings (SSSR count). The predicted octanol–water partition coefficient (Wildman–Crippen LogP) is 3.26. The van der Waals surface area contributed by atoms with Gasteiger partial charge in [0, 0.05) is 25.4 Å². The number of benzene rings is 1. The van der Waals surface area contributed by atoms with Crippen LogP contribution in [0.2, 0.25) is 0 Å². The summed E-state index contributed by atoms with van der Waals surface area (Å²) in [6.45, 7) is 3.45. The molecule has 0 atom stereocenters. The Morgan fingerprint density at radius 2 is 1.88 bits per heavy atom. The lowest BCUT2D eigenvalue weighted by atomic mass is 10.2. The van der Waals surface area contributed by atoms with Gasteiger partial charge in [0.15, 0.2) is 11.7 Å².